The highest BCUT2D eigenvalue weighted by Gasteiger charge is 2.23. The average Bonchev–Trinajstić information content (AvgIpc) is 2.99. The van der Waals surface area contributed by atoms with Gasteiger partial charge in [-0.3, -0.25) is 9.59 Å². The molecule has 3 rings (SSSR count). The van der Waals surface area contributed by atoms with Gasteiger partial charge in [0.1, 0.15) is 11.5 Å². The summed E-state index contributed by atoms with van der Waals surface area (Å²) in [6.07, 6.45) is 2.44. The summed E-state index contributed by atoms with van der Waals surface area (Å²) >= 11 is 0. The molecule has 0 radical (unpaired) electrons. The van der Waals surface area contributed by atoms with Gasteiger partial charge in [0.05, 0.1) is 0 Å². The van der Waals surface area contributed by atoms with Gasteiger partial charge in [0, 0.05) is 37.9 Å². The van der Waals surface area contributed by atoms with E-state index < -0.39 is 0 Å². The molecule has 120 valence electrons. The summed E-state index contributed by atoms with van der Waals surface area (Å²) in [7, 11) is 0. The van der Waals surface area contributed by atoms with Crippen LogP contribution in [0.4, 0.5) is 4.39 Å². The lowest BCUT2D eigenvalue weighted by molar-refractivity contribution is 0.0716. The molecule has 0 aliphatic carbocycles. The van der Waals surface area contributed by atoms with Crippen molar-refractivity contribution in [1.29, 1.82) is 0 Å². The Morgan fingerprint density at radius 2 is 1.57 bits per heavy atom. The Morgan fingerprint density at radius 3 is 2.17 bits per heavy atom. The number of halogens is 1. The maximum atomic E-state index is 13.0. The molecule has 0 bridgehead atoms. The Kier molecular flexibility index (Phi) is 4.41. The van der Waals surface area contributed by atoms with Crippen LogP contribution in [0.3, 0.4) is 0 Å². The van der Waals surface area contributed by atoms with Crippen molar-refractivity contribution in [3.05, 3.63) is 59.7 Å². The minimum Gasteiger partial charge on any atom is -0.357 e. The zero-order valence-corrected chi connectivity index (χ0v) is 12.7. The van der Waals surface area contributed by atoms with Crippen LogP contribution in [-0.4, -0.2) is 52.8 Å². The fourth-order valence-electron chi connectivity index (χ4n) is 2.73. The number of nitrogens with one attached hydrogen (secondary N) is 1. The molecular weight excluding hydrogens is 297 g/mol. The molecule has 2 amide bonds. The Bertz CT molecular complexity index is 682. The predicted molar refractivity (Wildman–Crippen MR) is 83.6 cm³/mol. The summed E-state index contributed by atoms with van der Waals surface area (Å²) in [6, 6.07) is 9.08. The SMILES string of the molecule is O=C(c1ccc(F)cc1)N1CCCN(C(=O)c2ccc[nH]2)CC1. The van der Waals surface area contributed by atoms with Crippen LogP contribution in [-0.2, 0) is 0 Å². The largest absolute Gasteiger partial charge is 0.357 e. The average molecular weight is 315 g/mol. The number of carbonyl (C=O) groups excluding carboxylic acids is 2. The van der Waals surface area contributed by atoms with Crippen molar-refractivity contribution in [2.24, 2.45) is 0 Å². The van der Waals surface area contributed by atoms with Gasteiger partial charge < -0.3 is 14.8 Å². The molecule has 0 atom stereocenters. The Labute approximate surface area is 133 Å². The van der Waals surface area contributed by atoms with Crippen LogP contribution in [0.15, 0.2) is 42.6 Å². The molecule has 5 nitrogen and oxygen atoms in total. The van der Waals surface area contributed by atoms with E-state index in [1.54, 1.807) is 28.1 Å². The van der Waals surface area contributed by atoms with Crippen molar-refractivity contribution in [1.82, 2.24) is 14.8 Å². The van der Waals surface area contributed by atoms with Gasteiger partial charge in [-0.25, -0.2) is 4.39 Å². The van der Waals surface area contributed by atoms with Gasteiger partial charge in [0.2, 0.25) is 0 Å². The third-order valence-electron chi connectivity index (χ3n) is 3.99. The topological polar surface area (TPSA) is 56.4 Å². The van der Waals surface area contributed by atoms with Crippen LogP contribution in [0.1, 0.15) is 27.3 Å². The third kappa shape index (κ3) is 3.41. The van der Waals surface area contributed by atoms with E-state index in [-0.39, 0.29) is 17.6 Å². The van der Waals surface area contributed by atoms with E-state index in [4.69, 9.17) is 0 Å². The number of hydrogen-bond donors (Lipinski definition) is 1. The zero-order chi connectivity index (χ0) is 16.2. The van der Waals surface area contributed by atoms with E-state index in [0.717, 1.165) is 6.42 Å². The number of aromatic nitrogens is 1. The minimum absolute atomic E-state index is 0.0499. The van der Waals surface area contributed by atoms with Gasteiger partial charge in [-0.2, -0.15) is 0 Å². The minimum atomic E-state index is -0.361. The second kappa shape index (κ2) is 6.64. The Morgan fingerprint density at radius 1 is 0.913 bits per heavy atom. The summed E-state index contributed by atoms with van der Waals surface area (Å²) in [5.74, 6) is -0.537. The Hall–Kier alpha value is -2.63. The quantitative estimate of drug-likeness (QED) is 0.923. The number of benzene rings is 1. The van der Waals surface area contributed by atoms with Crippen molar-refractivity contribution < 1.29 is 14.0 Å². The smallest absolute Gasteiger partial charge is 0.270 e. The highest BCUT2D eigenvalue weighted by molar-refractivity contribution is 5.94. The van der Waals surface area contributed by atoms with E-state index in [9.17, 15) is 14.0 Å². The predicted octanol–water partition coefficient (Wildman–Crippen LogP) is 2.14. The van der Waals surface area contributed by atoms with Crippen molar-refractivity contribution in [2.45, 2.75) is 6.42 Å². The first kappa shape index (κ1) is 15.3. The first-order valence-electron chi connectivity index (χ1n) is 7.62. The van der Waals surface area contributed by atoms with Crippen molar-refractivity contribution in [3.8, 4) is 0 Å². The first-order valence-corrected chi connectivity index (χ1v) is 7.62. The Balaban J connectivity index is 1.65. The maximum absolute atomic E-state index is 13.0. The van der Waals surface area contributed by atoms with E-state index in [1.807, 2.05) is 0 Å². The zero-order valence-electron chi connectivity index (χ0n) is 12.7. The molecule has 6 heteroatoms. The van der Waals surface area contributed by atoms with Crippen LogP contribution in [0.25, 0.3) is 0 Å². The van der Waals surface area contributed by atoms with E-state index in [0.29, 0.717) is 37.4 Å². The van der Waals surface area contributed by atoms with Crippen molar-refractivity contribution >= 4 is 11.8 Å². The fraction of sp³-hybridized carbons (Fsp3) is 0.294. The standard InChI is InChI=1S/C17H18FN3O2/c18-14-6-4-13(5-7-14)16(22)20-9-2-10-21(12-11-20)17(23)15-3-1-8-19-15/h1,3-8,19H,2,9-12H2. The fourth-order valence-corrected chi connectivity index (χ4v) is 2.73. The lowest BCUT2D eigenvalue weighted by Gasteiger charge is -2.22. The first-order chi connectivity index (χ1) is 11.1. The summed E-state index contributed by atoms with van der Waals surface area (Å²) in [5, 5.41) is 0. The normalized spacial score (nSPS) is 15.3. The van der Waals surface area contributed by atoms with E-state index in [2.05, 4.69) is 4.98 Å². The van der Waals surface area contributed by atoms with Gasteiger partial charge >= 0.3 is 0 Å². The molecule has 0 unspecified atom stereocenters. The molecule has 1 aromatic carbocycles. The van der Waals surface area contributed by atoms with Gasteiger partial charge in [-0.1, -0.05) is 0 Å². The van der Waals surface area contributed by atoms with Gasteiger partial charge in [0.15, 0.2) is 0 Å². The summed E-state index contributed by atoms with van der Waals surface area (Å²) < 4.78 is 13.0. The molecule has 1 aliphatic heterocycles. The number of carbonyl (C=O) groups is 2. The highest BCUT2D eigenvalue weighted by atomic mass is 19.1. The molecule has 0 spiro atoms. The van der Waals surface area contributed by atoms with Crippen LogP contribution < -0.4 is 0 Å². The molecule has 1 fully saturated rings. The number of amides is 2. The highest BCUT2D eigenvalue weighted by Crippen LogP contribution is 2.12. The third-order valence-corrected chi connectivity index (χ3v) is 3.99. The molecule has 2 aromatic rings. The molecular formula is C17H18FN3O2. The van der Waals surface area contributed by atoms with Crippen LogP contribution in [0.5, 0.6) is 0 Å². The van der Waals surface area contributed by atoms with Gasteiger partial charge in [-0.15, -0.1) is 0 Å². The molecule has 2 heterocycles. The summed E-state index contributed by atoms with van der Waals surface area (Å²) in [6.45, 7) is 2.17. The van der Waals surface area contributed by atoms with E-state index >= 15 is 0 Å². The lowest BCUT2D eigenvalue weighted by Crippen LogP contribution is -2.37. The summed E-state index contributed by atoms with van der Waals surface area (Å²) in [4.78, 5) is 31.2. The molecule has 1 saturated heterocycles. The molecule has 1 aromatic heterocycles. The molecule has 23 heavy (non-hydrogen) atoms. The number of rotatable bonds is 2. The molecule has 0 saturated carbocycles. The van der Waals surface area contributed by atoms with Gasteiger partial charge in [0.25, 0.3) is 11.8 Å². The number of aromatic amines is 1. The summed E-state index contributed by atoms with van der Waals surface area (Å²) in [5.41, 5.74) is 1.03. The van der Waals surface area contributed by atoms with Crippen LogP contribution in [0, 0.1) is 5.82 Å². The second-order valence-corrected chi connectivity index (χ2v) is 5.53. The maximum Gasteiger partial charge on any atom is 0.270 e. The van der Waals surface area contributed by atoms with Crippen LogP contribution in [0.2, 0.25) is 0 Å². The second-order valence-electron chi connectivity index (χ2n) is 5.53. The van der Waals surface area contributed by atoms with Gasteiger partial charge in [-0.05, 0) is 42.8 Å². The monoisotopic (exact) mass is 315 g/mol. The van der Waals surface area contributed by atoms with E-state index in [1.165, 1.54) is 24.3 Å². The number of H-pyrrole nitrogens is 1. The number of hydrogen-bond acceptors (Lipinski definition) is 2. The lowest BCUT2D eigenvalue weighted by atomic mass is 10.2. The van der Waals surface area contributed by atoms with Crippen molar-refractivity contribution in [2.75, 3.05) is 26.2 Å². The number of nitrogens with zero attached hydrogens (tertiary/aromatic N) is 2. The van der Waals surface area contributed by atoms with Crippen molar-refractivity contribution in [3.63, 3.8) is 0 Å². The van der Waals surface area contributed by atoms with Crippen LogP contribution >= 0.6 is 0 Å². The molecule has 1 aliphatic rings. The molecule has 1 N–H and O–H groups in total.